The van der Waals surface area contributed by atoms with Gasteiger partial charge in [0.1, 0.15) is 12.3 Å². The molecule has 146 valence electrons. The van der Waals surface area contributed by atoms with Crippen LogP contribution in [0.4, 0.5) is 5.69 Å². The molecule has 0 saturated heterocycles. The third kappa shape index (κ3) is 5.72. The maximum Gasteiger partial charge on any atom is 0.241 e. The first kappa shape index (κ1) is 20.8. The minimum absolute atomic E-state index is 0.176. The summed E-state index contributed by atoms with van der Waals surface area (Å²) >= 11 is 0. The number of carbonyl (C=O) groups is 1. The van der Waals surface area contributed by atoms with Crippen molar-refractivity contribution in [2.24, 2.45) is 0 Å². The molecule has 0 aliphatic carbocycles. The number of benzene rings is 2. The zero-order chi connectivity index (χ0) is 20.0. The zero-order valence-electron chi connectivity index (χ0n) is 16.1. The number of carbonyl (C=O) groups excluding carboxylic acids is 1. The first-order valence-corrected chi connectivity index (χ1v) is 10.6. The number of methoxy groups -OCH3 is 1. The van der Waals surface area contributed by atoms with Crippen LogP contribution in [0.5, 0.6) is 5.75 Å². The molecule has 1 N–H and O–H groups in total. The number of hydrogen-bond donors (Lipinski definition) is 1. The highest BCUT2D eigenvalue weighted by Crippen LogP contribution is 2.23. The van der Waals surface area contributed by atoms with Gasteiger partial charge in [-0.2, -0.15) is 0 Å². The molecule has 6 nitrogen and oxygen atoms in total. The number of aryl methyl sites for hydroxylation is 1. The molecule has 0 aliphatic heterocycles. The van der Waals surface area contributed by atoms with E-state index in [1.165, 1.54) is 7.11 Å². The van der Waals surface area contributed by atoms with E-state index in [0.717, 1.165) is 21.7 Å². The molecule has 1 amide bonds. The molecule has 2 aromatic rings. The van der Waals surface area contributed by atoms with Gasteiger partial charge >= 0.3 is 0 Å². The lowest BCUT2D eigenvalue weighted by Crippen LogP contribution is -2.41. The highest BCUT2D eigenvalue weighted by molar-refractivity contribution is 7.92. The number of anilines is 1. The standard InChI is InChI=1S/C20H26N2O4S/c1-5-19(16-11-9-15(2)10-12-16)21-20(23)14-22(27(4,24)25)17-7-6-8-18(13-17)26-3/h6-13,19H,5,14H2,1-4H3,(H,21,23)/t19-/m0/s1. The average Bonchev–Trinajstić information content (AvgIpc) is 2.64. The van der Waals surface area contributed by atoms with Gasteiger partial charge in [0, 0.05) is 6.07 Å². The van der Waals surface area contributed by atoms with Crippen molar-refractivity contribution in [1.29, 1.82) is 0 Å². The fourth-order valence-electron chi connectivity index (χ4n) is 2.76. The molecule has 0 saturated carbocycles. The first-order chi connectivity index (χ1) is 12.7. The van der Waals surface area contributed by atoms with E-state index in [1.54, 1.807) is 24.3 Å². The number of amides is 1. The molecule has 0 spiro atoms. The maximum atomic E-state index is 12.6. The lowest BCUT2D eigenvalue weighted by atomic mass is 10.0. The van der Waals surface area contributed by atoms with Crippen LogP contribution in [0.2, 0.25) is 0 Å². The first-order valence-electron chi connectivity index (χ1n) is 8.72. The molecular weight excluding hydrogens is 364 g/mol. The van der Waals surface area contributed by atoms with Gasteiger partial charge in [-0.3, -0.25) is 9.10 Å². The molecule has 0 heterocycles. The van der Waals surface area contributed by atoms with Gasteiger partial charge in [-0.05, 0) is 31.0 Å². The van der Waals surface area contributed by atoms with Gasteiger partial charge in [-0.1, -0.05) is 42.8 Å². The largest absolute Gasteiger partial charge is 0.497 e. The summed E-state index contributed by atoms with van der Waals surface area (Å²) in [4.78, 5) is 12.6. The van der Waals surface area contributed by atoms with Gasteiger partial charge in [0.05, 0.1) is 25.1 Å². The monoisotopic (exact) mass is 390 g/mol. The Morgan fingerprint density at radius 2 is 1.85 bits per heavy atom. The van der Waals surface area contributed by atoms with Crippen LogP contribution in [0.15, 0.2) is 48.5 Å². The number of nitrogens with zero attached hydrogens (tertiary/aromatic N) is 1. The smallest absolute Gasteiger partial charge is 0.241 e. The SMILES string of the molecule is CC[C@H](NC(=O)CN(c1cccc(OC)c1)S(C)(=O)=O)c1ccc(C)cc1. The molecule has 2 rings (SSSR count). The van der Waals surface area contributed by atoms with Crippen LogP contribution in [0.3, 0.4) is 0 Å². The van der Waals surface area contributed by atoms with E-state index in [0.29, 0.717) is 17.9 Å². The summed E-state index contributed by atoms with van der Waals surface area (Å²) in [5, 5.41) is 2.93. The Morgan fingerprint density at radius 3 is 2.41 bits per heavy atom. The molecule has 0 bridgehead atoms. The fourth-order valence-corrected chi connectivity index (χ4v) is 3.60. The Morgan fingerprint density at radius 1 is 1.19 bits per heavy atom. The van der Waals surface area contributed by atoms with Crippen molar-refractivity contribution in [3.63, 3.8) is 0 Å². The summed E-state index contributed by atoms with van der Waals surface area (Å²) in [5.41, 5.74) is 2.51. The number of rotatable bonds is 8. The Hall–Kier alpha value is -2.54. The van der Waals surface area contributed by atoms with Crippen LogP contribution in [0.1, 0.15) is 30.5 Å². The van der Waals surface area contributed by atoms with E-state index >= 15 is 0 Å². The third-order valence-corrected chi connectivity index (χ3v) is 5.39. The van der Waals surface area contributed by atoms with Gasteiger partial charge in [0.25, 0.3) is 0 Å². The van der Waals surface area contributed by atoms with E-state index in [4.69, 9.17) is 4.74 Å². The van der Waals surface area contributed by atoms with E-state index in [9.17, 15) is 13.2 Å². The second-order valence-corrected chi connectivity index (χ2v) is 8.32. The van der Waals surface area contributed by atoms with E-state index in [-0.39, 0.29) is 18.5 Å². The molecular formula is C20H26N2O4S. The molecule has 0 unspecified atom stereocenters. The Kier molecular flexibility index (Phi) is 6.85. The van der Waals surface area contributed by atoms with Crippen molar-refractivity contribution in [3.8, 4) is 5.75 Å². The van der Waals surface area contributed by atoms with Gasteiger partial charge in [0.15, 0.2) is 0 Å². The van der Waals surface area contributed by atoms with E-state index in [1.807, 2.05) is 38.1 Å². The van der Waals surface area contributed by atoms with Crippen molar-refractivity contribution < 1.29 is 17.9 Å². The van der Waals surface area contributed by atoms with Gasteiger partial charge in [-0.15, -0.1) is 0 Å². The second-order valence-electron chi connectivity index (χ2n) is 6.41. The topological polar surface area (TPSA) is 75.7 Å². The van der Waals surface area contributed by atoms with Crippen LogP contribution in [0.25, 0.3) is 0 Å². The highest BCUT2D eigenvalue weighted by Gasteiger charge is 2.23. The number of ether oxygens (including phenoxy) is 1. The van der Waals surface area contributed by atoms with Crippen molar-refractivity contribution in [2.45, 2.75) is 26.3 Å². The summed E-state index contributed by atoms with van der Waals surface area (Å²) in [6.45, 7) is 3.68. The van der Waals surface area contributed by atoms with Gasteiger partial charge in [-0.25, -0.2) is 8.42 Å². The molecule has 2 aromatic carbocycles. The second kappa shape index (κ2) is 8.90. The number of nitrogens with one attached hydrogen (secondary N) is 1. The number of hydrogen-bond acceptors (Lipinski definition) is 4. The molecule has 0 aromatic heterocycles. The highest BCUT2D eigenvalue weighted by atomic mass is 32.2. The zero-order valence-corrected chi connectivity index (χ0v) is 16.9. The molecule has 7 heteroatoms. The van der Waals surface area contributed by atoms with Crippen molar-refractivity contribution in [2.75, 3.05) is 24.2 Å². The van der Waals surface area contributed by atoms with Crippen LogP contribution in [-0.2, 0) is 14.8 Å². The molecule has 27 heavy (non-hydrogen) atoms. The Labute approximate surface area is 161 Å². The molecule has 1 atom stereocenters. The van der Waals surface area contributed by atoms with Crippen LogP contribution < -0.4 is 14.4 Å². The van der Waals surface area contributed by atoms with Crippen LogP contribution >= 0.6 is 0 Å². The lowest BCUT2D eigenvalue weighted by Gasteiger charge is -2.24. The summed E-state index contributed by atoms with van der Waals surface area (Å²) in [5.74, 6) is 0.156. The van der Waals surface area contributed by atoms with Gasteiger partial charge < -0.3 is 10.1 Å². The molecule has 0 aliphatic rings. The van der Waals surface area contributed by atoms with Crippen molar-refractivity contribution in [1.82, 2.24) is 5.32 Å². The Balaban J connectivity index is 2.19. The minimum atomic E-state index is -3.63. The maximum absolute atomic E-state index is 12.6. The minimum Gasteiger partial charge on any atom is -0.497 e. The summed E-state index contributed by atoms with van der Waals surface area (Å²) < 4.78 is 30.7. The van der Waals surface area contributed by atoms with Crippen molar-refractivity contribution in [3.05, 3.63) is 59.7 Å². The number of sulfonamides is 1. The van der Waals surface area contributed by atoms with Crippen LogP contribution in [0, 0.1) is 6.92 Å². The van der Waals surface area contributed by atoms with E-state index in [2.05, 4.69) is 5.32 Å². The Bertz CT molecular complexity index is 879. The predicted octanol–water partition coefficient (Wildman–Crippen LogP) is 3.04. The third-order valence-electron chi connectivity index (χ3n) is 4.25. The normalized spacial score (nSPS) is 12.3. The van der Waals surface area contributed by atoms with Crippen molar-refractivity contribution >= 4 is 21.6 Å². The molecule has 0 radical (unpaired) electrons. The quantitative estimate of drug-likeness (QED) is 0.752. The summed E-state index contributed by atoms with van der Waals surface area (Å²) in [6.07, 6.45) is 1.78. The predicted molar refractivity (Wildman–Crippen MR) is 108 cm³/mol. The molecule has 0 fully saturated rings. The van der Waals surface area contributed by atoms with E-state index < -0.39 is 10.0 Å². The van der Waals surface area contributed by atoms with Gasteiger partial charge in [0.2, 0.25) is 15.9 Å². The average molecular weight is 391 g/mol. The lowest BCUT2D eigenvalue weighted by molar-refractivity contribution is -0.120. The summed E-state index contributed by atoms with van der Waals surface area (Å²) in [6, 6.07) is 14.4. The fraction of sp³-hybridized carbons (Fsp3) is 0.350. The summed E-state index contributed by atoms with van der Waals surface area (Å²) in [7, 11) is -2.13. The van der Waals surface area contributed by atoms with Crippen LogP contribution in [-0.4, -0.2) is 34.2 Å².